The van der Waals surface area contributed by atoms with Crippen molar-refractivity contribution in [3.8, 4) is 0 Å². The molecule has 4 nitrogen and oxygen atoms in total. The third-order valence-electron chi connectivity index (χ3n) is 2.12. The second kappa shape index (κ2) is 3.86. The molecule has 2 aromatic rings. The average molecular weight is 233 g/mol. The van der Waals surface area contributed by atoms with Gasteiger partial charge in [-0.15, -0.1) is 0 Å². The van der Waals surface area contributed by atoms with E-state index in [1.54, 1.807) is 24.3 Å². The molecule has 0 atom stereocenters. The summed E-state index contributed by atoms with van der Waals surface area (Å²) in [5.41, 5.74) is 3.96. The Hall–Kier alpha value is -2.01. The Kier molecular flexibility index (Phi) is 2.54. The van der Waals surface area contributed by atoms with Crippen LogP contribution in [0.2, 0.25) is 0 Å². The third-order valence-corrected chi connectivity index (χ3v) is 3.08. The van der Waals surface area contributed by atoms with Crippen molar-refractivity contribution in [2.75, 3.05) is 0 Å². The lowest BCUT2D eigenvalue weighted by molar-refractivity contribution is 0.0999. The zero-order chi connectivity index (χ0) is 11.7. The number of amides is 1. The van der Waals surface area contributed by atoms with E-state index in [2.05, 4.69) is 0 Å². The van der Waals surface area contributed by atoms with Gasteiger partial charge in [-0.3, -0.25) is 14.4 Å². The fraction of sp³-hybridized carbons (Fsp3) is 0. The fourth-order valence-corrected chi connectivity index (χ4v) is 2.15. The van der Waals surface area contributed by atoms with Crippen LogP contribution in [-0.2, 0) is 0 Å². The van der Waals surface area contributed by atoms with Gasteiger partial charge in [-0.2, -0.15) is 0 Å². The van der Waals surface area contributed by atoms with E-state index in [4.69, 9.17) is 5.73 Å². The van der Waals surface area contributed by atoms with Gasteiger partial charge in [0.2, 0.25) is 5.43 Å². The van der Waals surface area contributed by atoms with Crippen molar-refractivity contribution >= 4 is 27.3 Å². The molecule has 80 valence electrons. The van der Waals surface area contributed by atoms with Crippen molar-refractivity contribution in [2.45, 2.75) is 0 Å². The van der Waals surface area contributed by atoms with E-state index in [0.29, 0.717) is 10.1 Å². The lowest BCUT2D eigenvalue weighted by atomic mass is 10.2. The van der Waals surface area contributed by atoms with Crippen molar-refractivity contribution < 1.29 is 4.79 Å². The maximum absolute atomic E-state index is 11.5. The van der Waals surface area contributed by atoms with Gasteiger partial charge in [-0.1, -0.05) is 29.5 Å². The minimum Gasteiger partial charge on any atom is -0.365 e. The molecule has 1 heterocycles. The monoisotopic (exact) mass is 233 g/mol. The molecule has 0 spiro atoms. The van der Waals surface area contributed by atoms with Crippen molar-refractivity contribution in [1.82, 2.24) is 0 Å². The molecule has 1 aromatic heterocycles. The molecule has 0 aliphatic rings. The van der Waals surface area contributed by atoms with Gasteiger partial charge in [-0.25, -0.2) is 0 Å². The molecule has 0 bridgehead atoms. The summed E-state index contributed by atoms with van der Waals surface area (Å²) in [7, 11) is 0. The van der Waals surface area contributed by atoms with Crippen LogP contribution in [0.25, 0.3) is 10.1 Å². The molecular formula is C11H7NO3S. The van der Waals surface area contributed by atoms with Crippen LogP contribution in [0.15, 0.2) is 39.9 Å². The third kappa shape index (κ3) is 1.72. The normalized spacial score (nSPS) is 10.2. The van der Waals surface area contributed by atoms with Gasteiger partial charge in [0.1, 0.15) is 0 Å². The van der Waals surface area contributed by atoms with Crippen molar-refractivity contribution in [3.63, 3.8) is 0 Å². The van der Waals surface area contributed by atoms with Crippen LogP contribution in [0.5, 0.6) is 0 Å². The molecule has 2 rings (SSSR count). The van der Waals surface area contributed by atoms with Crippen LogP contribution in [0.4, 0.5) is 0 Å². The molecule has 1 aromatic carbocycles. The predicted octanol–water partition coefficient (Wildman–Crippen LogP) is 0.721. The Morgan fingerprint density at radius 3 is 2.56 bits per heavy atom. The smallest absolute Gasteiger partial charge is 0.281 e. The van der Waals surface area contributed by atoms with Crippen LogP contribution < -0.4 is 15.9 Å². The van der Waals surface area contributed by atoms with Gasteiger partial charge in [0.25, 0.3) is 10.6 Å². The van der Waals surface area contributed by atoms with E-state index < -0.39 is 16.1 Å². The quantitative estimate of drug-likeness (QED) is 0.737. The van der Waals surface area contributed by atoms with E-state index >= 15 is 0 Å². The Morgan fingerprint density at radius 1 is 1.19 bits per heavy atom. The first-order valence-electron chi connectivity index (χ1n) is 4.46. The number of carbonyl (C=O) groups excluding carboxylic acids is 1. The molecule has 0 aliphatic heterocycles. The fourth-order valence-electron chi connectivity index (χ4n) is 1.35. The van der Waals surface area contributed by atoms with E-state index in [-0.39, 0.29) is 5.56 Å². The molecule has 0 fully saturated rings. The minimum atomic E-state index is -0.879. The molecule has 0 radical (unpaired) electrons. The van der Waals surface area contributed by atoms with Gasteiger partial charge in [0.15, 0.2) is 0 Å². The molecule has 1 amide bonds. The first-order chi connectivity index (χ1) is 7.59. The van der Waals surface area contributed by atoms with Gasteiger partial charge >= 0.3 is 0 Å². The zero-order valence-electron chi connectivity index (χ0n) is 8.10. The van der Waals surface area contributed by atoms with E-state index in [0.717, 1.165) is 11.3 Å². The molecule has 0 aliphatic carbocycles. The first-order valence-corrected chi connectivity index (χ1v) is 5.28. The number of fused-ring (bicyclic) bond motifs is 1. The summed E-state index contributed by atoms with van der Waals surface area (Å²) in [4.78, 5) is 34.0. The van der Waals surface area contributed by atoms with E-state index in [1.165, 1.54) is 6.07 Å². The van der Waals surface area contributed by atoms with E-state index in [1.807, 2.05) is 0 Å². The van der Waals surface area contributed by atoms with Crippen LogP contribution in [-0.4, -0.2) is 5.91 Å². The largest absolute Gasteiger partial charge is 0.365 e. The number of benzene rings is 1. The Labute approximate surface area is 94.0 Å². The number of rotatable bonds is 1. The highest BCUT2D eigenvalue weighted by molar-refractivity contribution is 7.16. The Balaban J connectivity index is 3.06. The summed E-state index contributed by atoms with van der Waals surface area (Å²) in [6.07, 6.45) is 0. The molecule has 16 heavy (non-hydrogen) atoms. The number of nitrogens with two attached hydrogens (primary N) is 1. The van der Waals surface area contributed by atoms with Gasteiger partial charge in [0, 0.05) is 4.70 Å². The molecule has 0 saturated carbocycles. The lowest BCUT2D eigenvalue weighted by Gasteiger charge is -1.89. The van der Waals surface area contributed by atoms with Crippen LogP contribution in [0.1, 0.15) is 10.4 Å². The molecule has 2 N–H and O–H groups in total. The average Bonchev–Trinajstić information content (AvgIpc) is 2.37. The molecular weight excluding hydrogens is 226 g/mol. The second-order valence-corrected chi connectivity index (χ2v) is 4.19. The standard InChI is InChI=1S/C11H7NO3S/c12-10(14)7-5-6-3-1-2-4-8(6)16-11(15)9(7)13/h1-5H,(H2,12,14). The van der Waals surface area contributed by atoms with Gasteiger partial charge in [0.05, 0.1) is 5.56 Å². The number of carbonyl (C=O) groups is 1. The maximum Gasteiger partial charge on any atom is 0.281 e. The highest BCUT2D eigenvalue weighted by atomic mass is 32.1. The lowest BCUT2D eigenvalue weighted by Crippen LogP contribution is -2.28. The topological polar surface area (TPSA) is 77.2 Å². The van der Waals surface area contributed by atoms with E-state index in [9.17, 15) is 14.4 Å². The van der Waals surface area contributed by atoms with Crippen LogP contribution in [0, 0.1) is 0 Å². The summed E-state index contributed by atoms with van der Waals surface area (Å²) < 4.78 is -0.0351. The SMILES string of the molecule is NC(=O)c1cc2ccccc2sc(=O)c1=O. The number of hydrogen-bond acceptors (Lipinski definition) is 4. The van der Waals surface area contributed by atoms with Gasteiger partial charge < -0.3 is 5.73 Å². The van der Waals surface area contributed by atoms with Crippen molar-refractivity contribution in [2.24, 2.45) is 5.73 Å². The minimum absolute atomic E-state index is 0.262. The number of hydrogen-bond donors (Lipinski definition) is 1. The highest BCUT2D eigenvalue weighted by Crippen LogP contribution is 2.13. The van der Waals surface area contributed by atoms with Crippen molar-refractivity contribution in [1.29, 1.82) is 0 Å². The summed E-state index contributed by atoms with van der Waals surface area (Å²) in [6, 6.07) is 8.31. The summed E-state index contributed by atoms with van der Waals surface area (Å²) in [6.45, 7) is 0. The van der Waals surface area contributed by atoms with Crippen LogP contribution >= 0.6 is 11.3 Å². The van der Waals surface area contributed by atoms with Crippen molar-refractivity contribution in [3.05, 3.63) is 55.7 Å². The Morgan fingerprint density at radius 2 is 1.88 bits per heavy atom. The molecule has 5 heteroatoms. The molecule has 0 unspecified atom stereocenters. The van der Waals surface area contributed by atoms with Gasteiger partial charge in [-0.05, 0) is 17.5 Å². The summed E-state index contributed by atoms with van der Waals surface area (Å²) in [5.74, 6) is -0.879. The second-order valence-electron chi connectivity index (χ2n) is 3.18. The number of primary amides is 1. The maximum atomic E-state index is 11.5. The summed E-state index contributed by atoms with van der Waals surface area (Å²) >= 11 is 0.814. The zero-order valence-corrected chi connectivity index (χ0v) is 8.91. The molecule has 0 saturated heterocycles. The predicted molar refractivity (Wildman–Crippen MR) is 62.9 cm³/mol. The first kappa shape index (κ1) is 10.5. The Bertz CT molecular complexity index is 691. The highest BCUT2D eigenvalue weighted by Gasteiger charge is 2.09. The summed E-state index contributed by atoms with van der Waals surface area (Å²) in [5, 5.41) is 0.653. The van der Waals surface area contributed by atoms with Crippen LogP contribution in [0.3, 0.4) is 0 Å².